The Morgan fingerprint density at radius 2 is 1.75 bits per heavy atom. The van der Waals surface area contributed by atoms with E-state index in [4.69, 9.17) is 4.74 Å². The number of nitrogens with zero attached hydrogens (tertiary/aromatic N) is 2. The predicted molar refractivity (Wildman–Crippen MR) is 119 cm³/mol. The van der Waals surface area contributed by atoms with Gasteiger partial charge in [0.1, 0.15) is 11.0 Å². The molecule has 3 aromatic rings. The Hall–Kier alpha value is -1.99. The highest BCUT2D eigenvalue weighted by molar-refractivity contribution is 7.16. The number of aromatic nitrogens is 2. The van der Waals surface area contributed by atoms with Gasteiger partial charge in [0.2, 0.25) is 0 Å². The second-order valence-electron chi connectivity index (χ2n) is 8.82. The highest BCUT2D eigenvalue weighted by Gasteiger charge is 2.26. The fraction of sp³-hybridized carbons (Fsp3) is 0.476. The van der Waals surface area contributed by atoms with Gasteiger partial charge in [-0.3, -0.25) is 5.32 Å². The molecule has 0 aliphatic carbocycles. The molecule has 2 aromatic heterocycles. The van der Waals surface area contributed by atoms with Gasteiger partial charge in [-0.1, -0.05) is 53.7 Å². The maximum absolute atomic E-state index is 12.1. The summed E-state index contributed by atoms with van der Waals surface area (Å²) in [5.41, 5.74) is 4.68. The smallest absolute Gasteiger partial charge is 0.411 e. The third-order valence-electron chi connectivity index (χ3n) is 4.45. The lowest BCUT2D eigenvalue weighted by Gasteiger charge is -2.20. The van der Waals surface area contributed by atoms with Crippen molar-refractivity contribution in [2.75, 3.05) is 11.9 Å². The first kappa shape index (κ1) is 20.7. The number of benzene rings is 1. The molecule has 0 spiro atoms. The van der Waals surface area contributed by atoms with E-state index in [-0.39, 0.29) is 10.8 Å². The van der Waals surface area contributed by atoms with Gasteiger partial charge in [0.15, 0.2) is 0 Å². The molecule has 150 valence electrons. The lowest BCUT2D eigenvalue weighted by atomic mass is 9.85. The first-order chi connectivity index (χ1) is 13.0. The maximum atomic E-state index is 12.1. The standard InChI is InChI=1S/C21H27N3O2S2/c1-8-26-19(25)22-14-11-15(21(5,6)7)27-18(14)12-9-10-13(20(2,3)4)17-16(12)23-28-24-17/h9-11H,8H2,1-7H3,(H,22,25). The van der Waals surface area contributed by atoms with Gasteiger partial charge < -0.3 is 4.74 Å². The molecule has 1 aromatic carbocycles. The molecule has 0 aliphatic rings. The van der Waals surface area contributed by atoms with Crippen LogP contribution in [0.15, 0.2) is 18.2 Å². The molecule has 7 heteroatoms. The van der Waals surface area contributed by atoms with E-state index >= 15 is 0 Å². The van der Waals surface area contributed by atoms with E-state index in [9.17, 15) is 4.79 Å². The zero-order valence-corrected chi connectivity index (χ0v) is 19.1. The van der Waals surface area contributed by atoms with Crippen LogP contribution in [0.25, 0.3) is 21.5 Å². The van der Waals surface area contributed by atoms with Crippen LogP contribution in [0, 0.1) is 0 Å². The number of amides is 1. The Bertz CT molecular complexity index is 1010. The summed E-state index contributed by atoms with van der Waals surface area (Å²) in [6.07, 6.45) is -0.444. The fourth-order valence-corrected chi connectivity index (χ4v) is 4.76. The van der Waals surface area contributed by atoms with Gasteiger partial charge in [0.05, 0.1) is 28.9 Å². The quantitative estimate of drug-likeness (QED) is 0.522. The van der Waals surface area contributed by atoms with Gasteiger partial charge >= 0.3 is 6.09 Å². The van der Waals surface area contributed by atoms with Gasteiger partial charge in [-0.05, 0) is 29.4 Å². The molecule has 2 heterocycles. The van der Waals surface area contributed by atoms with Crippen LogP contribution >= 0.6 is 23.1 Å². The number of carbonyl (C=O) groups is 1. The Morgan fingerprint density at radius 3 is 2.36 bits per heavy atom. The molecule has 1 amide bonds. The zero-order valence-electron chi connectivity index (χ0n) is 17.5. The minimum Gasteiger partial charge on any atom is -0.450 e. The minimum absolute atomic E-state index is 0.0232. The summed E-state index contributed by atoms with van der Waals surface area (Å²) in [6.45, 7) is 15.2. The Kier molecular flexibility index (Phi) is 5.51. The van der Waals surface area contributed by atoms with Crippen molar-refractivity contribution in [3.63, 3.8) is 0 Å². The van der Waals surface area contributed by atoms with E-state index in [0.29, 0.717) is 6.61 Å². The van der Waals surface area contributed by atoms with Crippen molar-refractivity contribution in [1.29, 1.82) is 0 Å². The molecule has 0 atom stereocenters. The summed E-state index contributed by atoms with van der Waals surface area (Å²) < 4.78 is 14.3. The van der Waals surface area contributed by atoms with Crippen LogP contribution in [0.4, 0.5) is 10.5 Å². The molecule has 0 radical (unpaired) electrons. The molecule has 0 unspecified atom stereocenters. The number of hydrogen-bond donors (Lipinski definition) is 1. The number of fused-ring (bicyclic) bond motifs is 1. The monoisotopic (exact) mass is 417 g/mol. The van der Waals surface area contributed by atoms with Crippen LogP contribution in [0.2, 0.25) is 0 Å². The van der Waals surface area contributed by atoms with Gasteiger partial charge in [0, 0.05) is 10.4 Å². The largest absolute Gasteiger partial charge is 0.450 e. The summed E-state index contributed by atoms with van der Waals surface area (Å²) in [7, 11) is 0. The lowest BCUT2D eigenvalue weighted by molar-refractivity contribution is 0.168. The predicted octanol–water partition coefficient (Wildman–Crippen LogP) is 6.58. The molecule has 5 nitrogen and oxygen atoms in total. The van der Waals surface area contributed by atoms with Crippen molar-refractivity contribution >= 4 is 45.9 Å². The lowest BCUT2D eigenvalue weighted by Crippen LogP contribution is -2.14. The highest BCUT2D eigenvalue weighted by atomic mass is 32.1. The maximum Gasteiger partial charge on any atom is 0.411 e. The third kappa shape index (κ3) is 4.05. The van der Waals surface area contributed by atoms with Crippen LogP contribution in [0.5, 0.6) is 0 Å². The van der Waals surface area contributed by atoms with Gasteiger partial charge in [-0.2, -0.15) is 8.75 Å². The van der Waals surface area contributed by atoms with Crippen molar-refractivity contribution in [1.82, 2.24) is 8.75 Å². The molecule has 3 rings (SSSR count). The van der Waals surface area contributed by atoms with Crippen molar-refractivity contribution in [3.8, 4) is 10.4 Å². The van der Waals surface area contributed by atoms with E-state index in [1.54, 1.807) is 18.3 Å². The van der Waals surface area contributed by atoms with E-state index in [0.717, 1.165) is 27.2 Å². The molecule has 0 bridgehead atoms. The summed E-state index contributed by atoms with van der Waals surface area (Å²) in [5.74, 6) is 0. The molecular weight excluding hydrogens is 390 g/mol. The average Bonchev–Trinajstić information content (AvgIpc) is 3.19. The molecule has 1 N–H and O–H groups in total. The average molecular weight is 418 g/mol. The fourth-order valence-electron chi connectivity index (χ4n) is 2.99. The molecule has 0 saturated heterocycles. The van der Waals surface area contributed by atoms with Crippen LogP contribution in [-0.2, 0) is 15.6 Å². The van der Waals surface area contributed by atoms with Crippen molar-refractivity contribution in [2.45, 2.75) is 59.3 Å². The van der Waals surface area contributed by atoms with Crippen molar-refractivity contribution in [2.24, 2.45) is 0 Å². The second kappa shape index (κ2) is 7.44. The topological polar surface area (TPSA) is 64.1 Å². The van der Waals surface area contributed by atoms with Gasteiger partial charge in [-0.15, -0.1) is 11.3 Å². The number of ether oxygens (including phenoxy) is 1. The van der Waals surface area contributed by atoms with Gasteiger partial charge in [-0.25, -0.2) is 4.79 Å². The number of nitrogens with one attached hydrogen (secondary N) is 1. The number of carbonyl (C=O) groups excluding carboxylic acids is 1. The van der Waals surface area contributed by atoms with Crippen LogP contribution in [-0.4, -0.2) is 21.4 Å². The van der Waals surface area contributed by atoms with E-state index in [1.807, 2.05) is 6.07 Å². The summed E-state index contributed by atoms with van der Waals surface area (Å²) in [5, 5.41) is 2.91. The summed E-state index contributed by atoms with van der Waals surface area (Å²) in [4.78, 5) is 14.3. The summed E-state index contributed by atoms with van der Waals surface area (Å²) in [6, 6.07) is 6.27. The van der Waals surface area contributed by atoms with Gasteiger partial charge in [0.25, 0.3) is 0 Å². The minimum atomic E-state index is -0.444. The zero-order chi connectivity index (χ0) is 20.7. The van der Waals surface area contributed by atoms with Crippen LogP contribution in [0.1, 0.15) is 58.9 Å². The number of hydrogen-bond acceptors (Lipinski definition) is 6. The third-order valence-corrected chi connectivity index (χ3v) is 6.57. The van der Waals surface area contributed by atoms with E-state index in [1.165, 1.54) is 22.2 Å². The number of rotatable bonds is 3. The molecule has 0 aliphatic heterocycles. The first-order valence-corrected chi connectivity index (χ1v) is 10.9. The second-order valence-corrected chi connectivity index (χ2v) is 10.4. The first-order valence-electron chi connectivity index (χ1n) is 9.36. The molecule has 0 saturated carbocycles. The Balaban J connectivity index is 2.19. The Morgan fingerprint density at radius 1 is 1.07 bits per heavy atom. The van der Waals surface area contributed by atoms with Crippen LogP contribution in [0.3, 0.4) is 0 Å². The van der Waals surface area contributed by atoms with E-state index < -0.39 is 6.09 Å². The molecule has 0 fully saturated rings. The molecular formula is C21H27N3O2S2. The highest BCUT2D eigenvalue weighted by Crippen LogP contribution is 2.44. The van der Waals surface area contributed by atoms with E-state index in [2.05, 4.69) is 67.7 Å². The number of thiophene rings is 1. The SMILES string of the molecule is CCOC(=O)Nc1cc(C(C)(C)C)sc1-c1ccc(C(C)(C)C)c2nsnc12. The number of anilines is 1. The Labute approximate surface area is 174 Å². The normalized spacial score (nSPS) is 12.4. The van der Waals surface area contributed by atoms with Crippen LogP contribution < -0.4 is 5.32 Å². The van der Waals surface area contributed by atoms with Crippen molar-refractivity contribution < 1.29 is 9.53 Å². The summed E-state index contributed by atoms with van der Waals surface area (Å²) >= 11 is 2.90. The van der Waals surface area contributed by atoms with Crippen molar-refractivity contribution in [3.05, 3.63) is 28.6 Å². The molecule has 28 heavy (non-hydrogen) atoms.